The van der Waals surface area contributed by atoms with Crippen LogP contribution in [0.4, 0.5) is 0 Å². The van der Waals surface area contributed by atoms with Gasteiger partial charge in [-0.1, -0.05) is 56.2 Å². The van der Waals surface area contributed by atoms with E-state index >= 15 is 0 Å². The van der Waals surface area contributed by atoms with Crippen LogP contribution in [-0.4, -0.2) is 7.38 Å². The van der Waals surface area contributed by atoms with E-state index in [4.69, 9.17) is 11.1 Å². The Bertz CT molecular complexity index is 310. The van der Waals surface area contributed by atoms with Gasteiger partial charge in [-0.15, -0.1) is 6.58 Å². The quantitative estimate of drug-likeness (QED) is 0.366. The Morgan fingerprint density at radius 2 is 2.00 bits per heavy atom. The van der Waals surface area contributed by atoms with E-state index in [-0.39, 0.29) is 0 Å². The van der Waals surface area contributed by atoms with Gasteiger partial charge in [0, 0.05) is 0 Å². The first-order chi connectivity index (χ1) is 7.70. The fourth-order valence-electron chi connectivity index (χ4n) is 1.98. The monoisotopic (exact) mass is 252 g/mol. The molecule has 1 aromatic rings. The van der Waals surface area contributed by atoms with Gasteiger partial charge in [-0.2, -0.15) is 11.1 Å². The molecule has 1 atom stereocenters. The minimum Gasteiger partial charge on any atom is -0.166 e. The first-order valence-corrected chi connectivity index (χ1v) is 9.67. The van der Waals surface area contributed by atoms with Crippen molar-refractivity contribution < 1.29 is 0 Å². The fourth-order valence-corrected chi connectivity index (χ4v) is 6.16. The van der Waals surface area contributed by atoms with Crippen molar-refractivity contribution in [3.05, 3.63) is 48.6 Å². The first-order valence-electron chi connectivity index (χ1n) is 6.04. The van der Waals surface area contributed by atoms with Crippen LogP contribution < -0.4 is 0 Å². The van der Waals surface area contributed by atoms with E-state index in [0.29, 0.717) is 0 Å². The van der Waals surface area contributed by atoms with Crippen molar-refractivity contribution in [3.63, 3.8) is 0 Å². The predicted molar refractivity (Wildman–Crippen MR) is 76.5 cm³/mol. The topological polar surface area (TPSA) is 0 Å². The molecule has 88 valence electrons. The molecule has 0 saturated carbocycles. The van der Waals surface area contributed by atoms with Crippen LogP contribution in [0.5, 0.6) is 0 Å². The number of rotatable bonds is 7. The minimum absolute atomic E-state index is 1.02. The normalized spacial score (nSPS) is 14.4. The van der Waals surface area contributed by atoms with Crippen molar-refractivity contribution in [2.75, 3.05) is 0 Å². The highest BCUT2D eigenvalue weighted by molar-refractivity contribution is 7.20. The Morgan fingerprint density at radius 3 is 2.56 bits per heavy atom. The summed E-state index contributed by atoms with van der Waals surface area (Å²) < 4.78 is 0. The van der Waals surface area contributed by atoms with E-state index in [1.807, 2.05) is 6.08 Å². The highest BCUT2D eigenvalue weighted by atomic mass is 35.6. The van der Waals surface area contributed by atoms with Crippen LogP contribution in [0.25, 0.3) is 0 Å². The van der Waals surface area contributed by atoms with Gasteiger partial charge in [0.1, 0.15) is 0 Å². The van der Waals surface area contributed by atoms with Gasteiger partial charge in [0.2, 0.25) is 0 Å². The van der Waals surface area contributed by atoms with Gasteiger partial charge in [0.25, 0.3) is 0 Å². The molecule has 1 rings (SSSR count). The molecule has 0 radical (unpaired) electrons. The number of allylic oxidation sites excluding steroid dienone is 1. The van der Waals surface area contributed by atoms with Crippen LogP contribution in [0.3, 0.4) is 0 Å². The van der Waals surface area contributed by atoms with Crippen molar-refractivity contribution in [2.24, 2.45) is 0 Å². The Labute approximate surface area is 105 Å². The van der Waals surface area contributed by atoms with Crippen LogP contribution >= 0.6 is 11.1 Å². The molecule has 0 fully saturated rings. The molecule has 0 nitrogen and oxygen atoms in total. The van der Waals surface area contributed by atoms with Gasteiger partial charge >= 0.3 is 0 Å². The summed E-state index contributed by atoms with van der Waals surface area (Å²) in [7, 11) is -1.66. The first kappa shape index (κ1) is 13.5. The lowest BCUT2D eigenvalue weighted by atomic mass is 10.2. The molecule has 0 spiro atoms. The molecule has 0 aliphatic rings. The second kappa shape index (κ2) is 6.92. The van der Waals surface area contributed by atoms with E-state index in [9.17, 15) is 0 Å². The van der Waals surface area contributed by atoms with Gasteiger partial charge in [-0.25, -0.2) is 0 Å². The molecule has 0 aliphatic carbocycles. The van der Waals surface area contributed by atoms with Gasteiger partial charge in [0.05, 0.1) is 0 Å². The highest BCUT2D eigenvalue weighted by Crippen LogP contribution is 2.28. The van der Waals surface area contributed by atoms with Crippen molar-refractivity contribution in [1.29, 1.82) is 0 Å². The van der Waals surface area contributed by atoms with Gasteiger partial charge < -0.3 is 0 Å². The molecular formula is C14H21ClSi. The maximum atomic E-state index is 6.82. The lowest BCUT2D eigenvalue weighted by Crippen LogP contribution is -2.29. The number of halogens is 1. The number of benzene rings is 1. The van der Waals surface area contributed by atoms with Gasteiger partial charge in [0.15, 0.2) is 7.38 Å². The SMILES string of the molecule is C=CC[Si](Cl)(CCCC)Cc1ccccc1. The molecule has 2 heteroatoms. The second-order valence-corrected chi connectivity index (χ2v) is 10.4. The summed E-state index contributed by atoms with van der Waals surface area (Å²) in [4.78, 5) is 0. The second-order valence-electron chi connectivity index (χ2n) is 4.41. The summed E-state index contributed by atoms with van der Waals surface area (Å²) in [5.74, 6) is 0. The van der Waals surface area contributed by atoms with E-state index in [1.165, 1.54) is 24.4 Å². The maximum Gasteiger partial charge on any atom is 0.164 e. The molecule has 0 heterocycles. The molecule has 0 aliphatic heterocycles. The van der Waals surface area contributed by atoms with Gasteiger partial charge in [-0.05, 0) is 23.7 Å². The van der Waals surface area contributed by atoms with E-state index < -0.39 is 7.38 Å². The third kappa shape index (κ3) is 4.54. The third-order valence-electron chi connectivity index (χ3n) is 2.85. The summed E-state index contributed by atoms with van der Waals surface area (Å²) >= 11 is 6.82. The number of hydrogen-bond acceptors (Lipinski definition) is 0. The smallest absolute Gasteiger partial charge is 0.164 e. The number of hydrogen-bond donors (Lipinski definition) is 0. The van der Waals surface area contributed by atoms with Crippen molar-refractivity contribution in [2.45, 2.75) is 37.9 Å². The lowest BCUT2D eigenvalue weighted by molar-refractivity contribution is 0.866. The zero-order valence-electron chi connectivity index (χ0n) is 10.1. The highest BCUT2D eigenvalue weighted by Gasteiger charge is 2.28. The Hall–Kier alpha value is -0.533. The van der Waals surface area contributed by atoms with Crippen molar-refractivity contribution >= 4 is 18.5 Å². The van der Waals surface area contributed by atoms with Crippen molar-refractivity contribution in [1.82, 2.24) is 0 Å². The Kier molecular flexibility index (Phi) is 5.86. The largest absolute Gasteiger partial charge is 0.166 e. The average molecular weight is 253 g/mol. The molecule has 0 saturated heterocycles. The van der Waals surface area contributed by atoms with E-state index in [1.54, 1.807) is 0 Å². The summed E-state index contributed by atoms with van der Waals surface area (Å²) in [6, 6.07) is 13.9. The molecule has 1 aromatic carbocycles. The number of unbranched alkanes of at least 4 members (excludes halogenated alkanes) is 1. The summed E-state index contributed by atoms with van der Waals surface area (Å²) in [6.45, 7) is 6.07. The predicted octanol–water partition coefficient (Wildman–Crippen LogP) is 4.94. The third-order valence-corrected chi connectivity index (χ3v) is 7.59. The zero-order valence-corrected chi connectivity index (χ0v) is 11.8. The minimum atomic E-state index is -1.66. The standard InChI is InChI=1S/C14H21ClSi/c1-3-5-12-16(15,11-4-2)13-14-9-7-6-8-10-14/h4,6-10H,2-3,5,11-13H2,1H3. The molecule has 0 bridgehead atoms. The van der Waals surface area contributed by atoms with Crippen LogP contribution in [0.1, 0.15) is 25.3 Å². The maximum absolute atomic E-state index is 6.82. The summed E-state index contributed by atoms with van der Waals surface area (Å²) in [5.41, 5.74) is 1.38. The van der Waals surface area contributed by atoms with E-state index in [0.717, 1.165) is 12.1 Å². The summed E-state index contributed by atoms with van der Waals surface area (Å²) in [5, 5.41) is 0. The van der Waals surface area contributed by atoms with Crippen LogP contribution in [0.2, 0.25) is 12.1 Å². The molecule has 0 amide bonds. The fraction of sp³-hybridized carbons (Fsp3) is 0.429. The van der Waals surface area contributed by atoms with Crippen LogP contribution in [0.15, 0.2) is 43.0 Å². The Balaban J connectivity index is 2.66. The van der Waals surface area contributed by atoms with Crippen LogP contribution in [0, 0.1) is 0 Å². The molecule has 0 aromatic heterocycles. The van der Waals surface area contributed by atoms with Gasteiger partial charge in [-0.3, -0.25) is 0 Å². The van der Waals surface area contributed by atoms with Crippen LogP contribution in [-0.2, 0) is 6.04 Å². The molecule has 16 heavy (non-hydrogen) atoms. The lowest BCUT2D eigenvalue weighted by Gasteiger charge is -2.23. The van der Waals surface area contributed by atoms with Crippen molar-refractivity contribution in [3.8, 4) is 0 Å². The molecule has 1 unspecified atom stereocenters. The van der Waals surface area contributed by atoms with E-state index in [2.05, 4.69) is 43.8 Å². The molecule has 0 N–H and O–H groups in total. The average Bonchev–Trinajstić information content (AvgIpc) is 2.28. The molecular weight excluding hydrogens is 232 g/mol. The zero-order chi connectivity index (χ0) is 11.9. The summed E-state index contributed by atoms with van der Waals surface area (Å²) in [6.07, 6.45) is 4.47. The Morgan fingerprint density at radius 1 is 1.31 bits per heavy atom.